The van der Waals surface area contributed by atoms with Gasteiger partial charge in [-0.2, -0.15) is 0 Å². The Kier molecular flexibility index (Phi) is 2.26. The highest BCUT2D eigenvalue weighted by molar-refractivity contribution is 5.68. The number of carboxylic acids is 1. The second-order valence-corrected chi connectivity index (χ2v) is 4.11. The van der Waals surface area contributed by atoms with E-state index >= 15 is 0 Å². The number of rotatable bonds is 2. The fourth-order valence-corrected chi connectivity index (χ4v) is 2.11. The second kappa shape index (κ2) is 3.34. The smallest absolute Gasteiger partial charge is 0.306 e. The van der Waals surface area contributed by atoms with Crippen molar-refractivity contribution >= 4 is 5.97 Å². The van der Waals surface area contributed by atoms with E-state index in [0.29, 0.717) is 5.76 Å². The molecule has 1 aromatic heterocycles. The monoisotopic (exact) mass is 211 g/mol. The number of aryl methyl sites for hydroxylation is 1. The molecule has 0 radical (unpaired) electrons. The third-order valence-corrected chi connectivity index (χ3v) is 3.12. The SMILES string of the molecule is CC1CCc2cnoc2C1(O)CC(=O)O. The van der Waals surface area contributed by atoms with E-state index in [1.165, 1.54) is 0 Å². The standard InChI is InChI=1S/C10H13NO4/c1-6-2-3-7-5-11-15-9(7)10(6,14)4-8(12)13/h5-6,14H,2-4H2,1H3,(H,12,13). The Morgan fingerprint density at radius 1 is 1.80 bits per heavy atom. The van der Waals surface area contributed by atoms with Crippen LogP contribution in [0.3, 0.4) is 0 Å². The molecule has 82 valence electrons. The molecule has 5 heteroatoms. The Labute approximate surface area is 86.7 Å². The minimum atomic E-state index is -1.41. The summed E-state index contributed by atoms with van der Waals surface area (Å²) in [5.41, 5.74) is -0.590. The average Bonchev–Trinajstić information content (AvgIpc) is 2.59. The lowest BCUT2D eigenvalue weighted by Gasteiger charge is -2.34. The van der Waals surface area contributed by atoms with E-state index in [4.69, 9.17) is 9.63 Å². The van der Waals surface area contributed by atoms with Gasteiger partial charge in [0.1, 0.15) is 5.60 Å². The Hall–Kier alpha value is -1.36. The Balaban J connectivity index is 2.42. The van der Waals surface area contributed by atoms with Gasteiger partial charge < -0.3 is 14.7 Å². The number of nitrogens with zero attached hydrogens (tertiary/aromatic N) is 1. The van der Waals surface area contributed by atoms with E-state index in [1.807, 2.05) is 6.92 Å². The zero-order valence-corrected chi connectivity index (χ0v) is 8.43. The highest BCUT2D eigenvalue weighted by atomic mass is 16.5. The summed E-state index contributed by atoms with van der Waals surface area (Å²) in [6, 6.07) is 0. The van der Waals surface area contributed by atoms with Crippen LogP contribution >= 0.6 is 0 Å². The lowest BCUT2D eigenvalue weighted by Crippen LogP contribution is -2.39. The number of carboxylic acid groups (broad SMARTS) is 1. The number of aliphatic carboxylic acids is 1. The fraction of sp³-hybridized carbons (Fsp3) is 0.600. The first-order valence-electron chi connectivity index (χ1n) is 4.92. The van der Waals surface area contributed by atoms with Gasteiger partial charge in [0.15, 0.2) is 5.76 Å². The molecule has 5 nitrogen and oxygen atoms in total. The molecule has 1 aliphatic rings. The molecule has 2 atom stereocenters. The molecule has 0 bridgehead atoms. The zero-order chi connectivity index (χ0) is 11.1. The van der Waals surface area contributed by atoms with Crippen molar-refractivity contribution in [3.8, 4) is 0 Å². The Morgan fingerprint density at radius 2 is 2.53 bits per heavy atom. The van der Waals surface area contributed by atoms with Crippen LogP contribution in [0.15, 0.2) is 10.7 Å². The lowest BCUT2D eigenvalue weighted by atomic mass is 9.74. The molecule has 2 N–H and O–H groups in total. The van der Waals surface area contributed by atoms with Crippen LogP contribution in [0.5, 0.6) is 0 Å². The molecule has 0 spiro atoms. The number of aliphatic hydroxyl groups is 1. The third kappa shape index (κ3) is 1.52. The summed E-state index contributed by atoms with van der Waals surface area (Å²) in [6.45, 7) is 1.83. The zero-order valence-electron chi connectivity index (χ0n) is 8.43. The third-order valence-electron chi connectivity index (χ3n) is 3.12. The quantitative estimate of drug-likeness (QED) is 0.759. The molecule has 0 amide bonds. The van der Waals surface area contributed by atoms with Crippen molar-refractivity contribution in [1.82, 2.24) is 5.16 Å². The number of hydrogen-bond acceptors (Lipinski definition) is 4. The molecule has 0 saturated heterocycles. The first kappa shape index (κ1) is 10.2. The van der Waals surface area contributed by atoms with Crippen molar-refractivity contribution in [3.05, 3.63) is 17.5 Å². The van der Waals surface area contributed by atoms with Gasteiger partial charge in [-0.1, -0.05) is 12.1 Å². The summed E-state index contributed by atoms with van der Waals surface area (Å²) in [6.07, 6.45) is 2.74. The molecular weight excluding hydrogens is 198 g/mol. The van der Waals surface area contributed by atoms with Crippen molar-refractivity contribution in [2.45, 2.75) is 31.8 Å². The summed E-state index contributed by atoms with van der Waals surface area (Å²) >= 11 is 0. The van der Waals surface area contributed by atoms with Crippen molar-refractivity contribution in [1.29, 1.82) is 0 Å². The molecule has 1 heterocycles. The maximum Gasteiger partial charge on any atom is 0.306 e. The molecule has 2 unspecified atom stereocenters. The van der Waals surface area contributed by atoms with Gasteiger partial charge in [0.05, 0.1) is 12.6 Å². The van der Waals surface area contributed by atoms with Crippen LogP contribution in [0.4, 0.5) is 0 Å². The summed E-state index contributed by atoms with van der Waals surface area (Å²) in [5.74, 6) is -0.841. The molecule has 0 fully saturated rings. The normalized spacial score (nSPS) is 29.9. The first-order chi connectivity index (χ1) is 7.04. The molecule has 0 aromatic carbocycles. The molecule has 0 aliphatic heterocycles. The molecule has 0 saturated carbocycles. The Bertz CT molecular complexity index is 387. The highest BCUT2D eigenvalue weighted by Crippen LogP contribution is 2.41. The van der Waals surface area contributed by atoms with Gasteiger partial charge in [-0.15, -0.1) is 0 Å². The number of fused-ring (bicyclic) bond motifs is 1. The van der Waals surface area contributed by atoms with Crippen LogP contribution in [-0.2, 0) is 16.8 Å². The lowest BCUT2D eigenvalue weighted by molar-refractivity contribution is -0.148. The molecular formula is C10H13NO4. The summed E-state index contributed by atoms with van der Waals surface area (Å²) < 4.78 is 4.98. The number of aromatic nitrogens is 1. The summed E-state index contributed by atoms with van der Waals surface area (Å²) in [7, 11) is 0. The number of carbonyl (C=O) groups is 1. The largest absolute Gasteiger partial charge is 0.481 e. The maximum absolute atomic E-state index is 10.7. The topological polar surface area (TPSA) is 83.6 Å². The van der Waals surface area contributed by atoms with Crippen molar-refractivity contribution in [3.63, 3.8) is 0 Å². The summed E-state index contributed by atoms with van der Waals surface area (Å²) in [4.78, 5) is 10.7. The summed E-state index contributed by atoms with van der Waals surface area (Å²) in [5, 5.41) is 22.7. The van der Waals surface area contributed by atoms with E-state index in [0.717, 1.165) is 18.4 Å². The maximum atomic E-state index is 10.7. The van der Waals surface area contributed by atoms with E-state index in [1.54, 1.807) is 6.20 Å². The van der Waals surface area contributed by atoms with Crippen molar-refractivity contribution in [2.75, 3.05) is 0 Å². The van der Waals surface area contributed by atoms with E-state index in [-0.39, 0.29) is 12.3 Å². The van der Waals surface area contributed by atoms with Gasteiger partial charge in [-0.3, -0.25) is 4.79 Å². The number of hydrogen-bond donors (Lipinski definition) is 2. The molecule has 15 heavy (non-hydrogen) atoms. The molecule has 1 aliphatic carbocycles. The first-order valence-corrected chi connectivity index (χ1v) is 4.92. The van der Waals surface area contributed by atoms with Gasteiger partial charge in [0.2, 0.25) is 0 Å². The predicted molar refractivity (Wildman–Crippen MR) is 50.1 cm³/mol. The van der Waals surface area contributed by atoms with Crippen LogP contribution in [0.1, 0.15) is 31.1 Å². The average molecular weight is 211 g/mol. The highest BCUT2D eigenvalue weighted by Gasteiger charge is 2.45. The molecule has 2 rings (SSSR count). The fourth-order valence-electron chi connectivity index (χ4n) is 2.11. The second-order valence-electron chi connectivity index (χ2n) is 4.11. The van der Waals surface area contributed by atoms with Crippen molar-refractivity contribution in [2.24, 2.45) is 5.92 Å². The minimum Gasteiger partial charge on any atom is -0.481 e. The van der Waals surface area contributed by atoms with E-state index in [9.17, 15) is 9.90 Å². The van der Waals surface area contributed by atoms with E-state index < -0.39 is 11.6 Å². The predicted octanol–water partition coefficient (Wildman–Crippen LogP) is 0.919. The van der Waals surface area contributed by atoms with Gasteiger partial charge >= 0.3 is 5.97 Å². The Morgan fingerprint density at radius 3 is 3.20 bits per heavy atom. The van der Waals surface area contributed by atoms with Gasteiger partial charge in [-0.25, -0.2) is 0 Å². The van der Waals surface area contributed by atoms with Gasteiger partial charge in [-0.05, 0) is 18.8 Å². The van der Waals surface area contributed by atoms with Crippen LogP contribution in [0, 0.1) is 5.92 Å². The van der Waals surface area contributed by atoms with Gasteiger partial charge in [0, 0.05) is 5.56 Å². The molecule has 1 aromatic rings. The van der Waals surface area contributed by atoms with Gasteiger partial charge in [0.25, 0.3) is 0 Å². The van der Waals surface area contributed by atoms with Crippen LogP contribution < -0.4 is 0 Å². The van der Waals surface area contributed by atoms with E-state index in [2.05, 4.69) is 5.16 Å². The van der Waals surface area contributed by atoms with Crippen LogP contribution in [0.2, 0.25) is 0 Å². The van der Waals surface area contributed by atoms with Crippen LogP contribution in [-0.4, -0.2) is 21.3 Å². The van der Waals surface area contributed by atoms with Crippen molar-refractivity contribution < 1.29 is 19.5 Å². The van der Waals surface area contributed by atoms with Crippen LogP contribution in [0.25, 0.3) is 0 Å². The minimum absolute atomic E-state index is 0.131.